The van der Waals surface area contributed by atoms with Crippen molar-refractivity contribution in [3.8, 4) is 11.3 Å². The van der Waals surface area contributed by atoms with E-state index in [4.69, 9.17) is 5.73 Å². The van der Waals surface area contributed by atoms with E-state index < -0.39 is 0 Å². The third-order valence-corrected chi connectivity index (χ3v) is 5.00. The van der Waals surface area contributed by atoms with Gasteiger partial charge in [-0.2, -0.15) is 5.10 Å². The van der Waals surface area contributed by atoms with Crippen LogP contribution in [0.3, 0.4) is 0 Å². The first kappa shape index (κ1) is 15.1. The highest BCUT2D eigenvalue weighted by Crippen LogP contribution is 2.30. The molecule has 1 atom stereocenters. The van der Waals surface area contributed by atoms with E-state index in [0.29, 0.717) is 17.5 Å². The number of likely N-dealkylation sites (tertiary alicyclic amines) is 1. The number of fused-ring (bicyclic) bond motifs is 1. The maximum atomic E-state index is 6.00. The zero-order valence-corrected chi connectivity index (χ0v) is 13.9. The van der Waals surface area contributed by atoms with E-state index in [9.17, 15) is 0 Å². The van der Waals surface area contributed by atoms with Crippen molar-refractivity contribution in [2.45, 2.75) is 32.2 Å². The van der Waals surface area contributed by atoms with Crippen LogP contribution in [-0.4, -0.2) is 38.2 Å². The SMILES string of the molecule is C[C@@H](c1ccc(-c2[nH]nc3ncnc(N)c23)cc1)N1CCCCC1. The number of piperidine rings is 1. The van der Waals surface area contributed by atoms with Gasteiger partial charge in [0.1, 0.15) is 12.1 Å². The average molecular weight is 322 g/mol. The van der Waals surface area contributed by atoms with Crippen LogP contribution in [0.1, 0.15) is 37.8 Å². The Labute approximate surface area is 141 Å². The highest BCUT2D eigenvalue weighted by molar-refractivity contribution is 5.97. The second-order valence-corrected chi connectivity index (χ2v) is 6.45. The molecule has 2 aromatic heterocycles. The Morgan fingerprint density at radius 2 is 1.83 bits per heavy atom. The van der Waals surface area contributed by atoms with Crippen LogP contribution in [0.2, 0.25) is 0 Å². The Balaban J connectivity index is 1.63. The summed E-state index contributed by atoms with van der Waals surface area (Å²) in [5, 5.41) is 8.05. The lowest BCUT2D eigenvalue weighted by Crippen LogP contribution is -2.32. The fraction of sp³-hybridized carbons (Fsp3) is 0.389. The summed E-state index contributed by atoms with van der Waals surface area (Å²) in [4.78, 5) is 10.8. The molecule has 3 N–H and O–H groups in total. The van der Waals surface area contributed by atoms with Crippen LogP contribution in [0.15, 0.2) is 30.6 Å². The predicted octanol–water partition coefficient (Wildman–Crippen LogP) is 3.15. The first-order chi connectivity index (χ1) is 11.7. The van der Waals surface area contributed by atoms with Gasteiger partial charge in [-0.3, -0.25) is 10.00 Å². The number of anilines is 1. The number of hydrogen-bond acceptors (Lipinski definition) is 5. The second kappa shape index (κ2) is 6.20. The van der Waals surface area contributed by atoms with E-state index in [-0.39, 0.29) is 0 Å². The number of benzene rings is 1. The largest absolute Gasteiger partial charge is 0.383 e. The fourth-order valence-electron chi connectivity index (χ4n) is 3.53. The Bertz CT molecular complexity index is 832. The van der Waals surface area contributed by atoms with Crippen LogP contribution < -0.4 is 5.73 Å². The molecule has 1 aliphatic rings. The van der Waals surface area contributed by atoms with E-state index in [1.165, 1.54) is 44.2 Å². The van der Waals surface area contributed by atoms with Gasteiger partial charge in [-0.15, -0.1) is 0 Å². The number of nitrogen functional groups attached to an aromatic ring is 1. The Morgan fingerprint density at radius 3 is 2.58 bits per heavy atom. The molecule has 124 valence electrons. The Kier molecular flexibility index (Phi) is 3.90. The summed E-state index contributed by atoms with van der Waals surface area (Å²) in [6.45, 7) is 4.68. The topological polar surface area (TPSA) is 83.7 Å². The third kappa shape index (κ3) is 2.63. The van der Waals surface area contributed by atoms with Crippen LogP contribution >= 0.6 is 0 Å². The van der Waals surface area contributed by atoms with Crippen LogP contribution in [0, 0.1) is 0 Å². The minimum Gasteiger partial charge on any atom is -0.383 e. The van der Waals surface area contributed by atoms with Crippen molar-refractivity contribution in [2.24, 2.45) is 0 Å². The smallest absolute Gasteiger partial charge is 0.186 e. The molecule has 4 rings (SSSR count). The number of hydrogen-bond donors (Lipinski definition) is 2. The highest BCUT2D eigenvalue weighted by Gasteiger charge is 2.18. The number of nitrogens with two attached hydrogens (primary N) is 1. The molecule has 6 heteroatoms. The van der Waals surface area contributed by atoms with Gasteiger partial charge in [-0.1, -0.05) is 30.7 Å². The number of rotatable bonds is 3. The van der Waals surface area contributed by atoms with Crippen molar-refractivity contribution >= 4 is 16.9 Å². The summed E-state index contributed by atoms with van der Waals surface area (Å²) in [6.07, 6.45) is 5.41. The van der Waals surface area contributed by atoms with Crippen molar-refractivity contribution in [2.75, 3.05) is 18.8 Å². The van der Waals surface area contributed by atoms with Gasteiger partial charge in [0.25, 0.3) is 0 Å². The molecule has 0 amide bonds. The maximum Gasteiger partial charge on any atom is 0.186 e. The van der Waals surface area contributed by atoms with Gasteiger partial charge in [0.15, 0.2) is 5.65 Å². The number of aromatic amines is 1. The van der Waals surface area contributed by atoms with Crippen molar-refractivity contribution in [1.82, 2.24) is 25.1 Å². The van der Waals surface area contributed by atoms with Gasteiger partial charge in [0.05, 0.1) is 11.1 Å². The van der Waals surface area contributed by atoms with Gasteiger partial charge < -0.3 is 5.73 Å². The molecule has 3 aromatic rings. The second-order valence-electron chi connectivity index (χ2n) is 6.45. The molecule has 0 unspecified atom stereocenters. The van der Waals surface area contributed by atoms with Crippen molar-refractivity contribution in [3.63, 3.8) is 0 Å². The molecule has 0 radical (unpaired) electrons. The third-order valence-electron chi connectivity index (χ3n) is 5.00. The van der Waals surface area contributed by atoms with Crippen molar-refractivity contribution in [1.29, 1.82) is 0 Å². The molecule has 3 heterocycles. The van der Waals surface area contributed by atoms with Gasteiger partial charge in [0, 0.05) is 11.6 Å². The zero-order chi connectivity index (χ0) is 16.5. The molecular weight excluding hydrogens is 300 g/mol. The minimum atomic E-state index is 0.450. The van der Waals surface area contributed by atoms with Crippen LogP contribution in [0.25, 0.3) is 22.3 Å². The average Bonchev–Trinajstić information content (AvgIpc) is 3.07. The fourth-order valence-corrected chi connectivity index (χ4v) is 3.53. The maximum absolute atomic E-state index is 6.00. The van der Waals surface area contributed by atoms with E-state index in [1.54, 1.807) is 0 Å². The number of aromatic nitrogens is 4. The summed E-state index contributed by atoms with van der Waals surface area (Å²) in [7, 11) is 0. The molecule has 0 aliphatic carbocycles. The quantitative estimate of drug-likeness (QED) is 0.774. The molecule has 24 heavy (non-hydrogen) atoms. The zero-order valence-electron chi connectivity index (χ0n) is 13.9. The van der Waals surface area contributed by atoms with Crippen LogP contribution in [0.5, 0.6) is 0 Å². The lowest BCUT2D eigenvalue weighted by Gasteiger charge is -2.32. The van der Waals surface area contributed by atoms with Crippen molar-refractivity contribution in [3.05, 3.63) is 36.2 Å². The first-order valence-corrected chi connectivity index (χ1v) is 8.53. The number of nitrogens with zero attached hydrogens (tertiary/aromatic N) is 4. The number of nitrogens with one attached hydrogen (secondary N) is 1. The molecule has 0 spiro atoms. The van der Waals surface area contributed by atoms with E-state index in [2.05, 4.69) is 56.3 Å². The summed E-state index contributed by atoms with van der Waals surface area (Å²) < 4.78 is 0. The van der Waals surface area contributed by atoms with E-state index in [0.717, 1.165) is 16.6 Å². The van der Waals surface area contributed by atoms with E-state index in [1.807, 2.05) is 0 Å². The normalized spacial score (nSPS) is 17.2. The van der Waals surface area contributed by atoms with Crippen LogP contribution in [0.4, 0.5) is 5.82 Å². The summed E-state index contributed by atoms with van der Waals surface area (Å²) in [6, 6.07) is 9.08. The Morgan fingerprint density at radius 1 is 1.08 bits per heavy atom. The lowest BCUT2D eigenvalue weighted by atomic mass is 10.0. The molecule has 0 bridgehead atoms. The van der Waals surface area contributed by atoms with Gasteiger partial charge >= 0.3 is 0 Å². The number of H-pyrrole nitrogens is 1. The summed E-state index contributed by atoms with van der Waals surface area (Å²) in [5.41, 5.74) is 9.86. The van der Waals surface area contributed by atoms with Crippen molar-refractivity contribution < 1.29 is 0 Å². The van der Waals surface area contributed by atoms with Gasteiger partial charge in [0.2, 0.25) is 0 Å². The summed E-state index contributed by atoms with van der Waals surface area (Å²) >= 11 is 0. The molecule has 6 nitrogen and oxygen atoms in total. The first-order valence-electron chi connectivity index (χ1n) is 8.53. The molecule has 1 aliphatic heterocycles. The molecule has 0 saturated carbocycles. The Hall–Kier alpha value is -2.47. The molecular formula is C18H22N6. The van der Waals surface area contributed by atoms with E-state index >= 15 is 0 Å². The van der Waals surface area contributed by atoms with Gasteiger partial charge in [-0.05, 0) is 38.4 Å². The van der Waals surface area contributed by atoms with Gasteiger partial charge in [-0.25, -0.2) is 9.97 Å². The minimum absolute atomic E-state index is 0.450. The summed E-state index contributed by atoms with van der Waals surface area (Å²) in [5.74, 6) is 0.453. The standard InChI is InChI=1S/C18H22N6/c1-12(24-9-3-2-4-10-24)13-5-7-14(8-6-13)16-15-17(19)20-11-21-18(15)23-22-16/h5-8,11-12H,2-4,9-10H2,1H3,(H3,19,20,21,22,23)/t12-/m0/s1. The molecule has 1 saturated heterocycles. The molecule has 1 fully saturated rings. The van der Waals surface area contributed by atoms with Crippen LogP contribution in [-0.2, 0) is 0 Å². The lowest BCUT2D eigenvalue weighted by molar-refractivity contribution is 0.175. The predicted molar refractivity (Wildman–Crippen MR) is 95.4 cm³/mol. The monoisotopic (exact) mass is 322 g/mol. The highest BCUT2D eigenvalue weighted by atomic mass is 15.2. The molecule has 1 aromatic carbocycles.